The normalized spacial score (nSPS) is 20.5. The van der Waals surface area contributed by atoms with Crippen molar-refractivity contribution in [1.82, 2.24) is 4.57 Å². The minimum absolute atomic E-state index is 0.0385. The van der Waals surface area contributed by atoms with Crippen LogP contribution in [0.15, 0.2) is 29.2 Å². The Hall–Kier alpha value is -2.64. The molecule has 2 N–H and O–H groups in total. The van der Waals surface area contributed by atoms with Crippen molar-refractivity contribution in [1.29, 1.82) is 0 Å². The van der Waals surface area contributed by atoms with Gasteiger partial charge in [0.25, 0.3) is 0 Å². The fourth-order valence-electron chi connectivity index (χ4n) is 4.31. The molecule has 30 heavy (non-hydrogen) atoms. The number of carboxylic acids is 1. The minimum atomic E-state index is -1.23. The van der Waals surface area contributed by atoms with E-state index in [-0.39, 0.29) is 29.7 Å². The summed E-state index contributed by atoms with van der Waals surface area (Å²) < 4.78 is 13.4. The predicted octanol–water partition coefficient (Wildman–Crippen LogP) is 3.02. The molecule has 7 heteroatoms. The Kier molecular flexibility index (Phi) is 5.20. The van der Waals surface area contributed by atoms with Gasteiger partial charge in [0.1, 0.15) is 17.4 Å². The van der Waals surface area contributed by atoms with E-state index in [1.165, 1.54) is 12.3 Å². The molecule has 7 nitrogen and oxygen atoms in total. The van der Waals surface area contributed by atoms with Gasteiger partial charge in [-0.25, -0.2) is 4.79 Å². The Bertz CT molecular complexity index is 1040. The largest absolute Gasteiger partial charge is 0.488 e. The minimum Gasteiger partial charge on any atom is -0.488 e. The number of fused-ring (bicyclic) bond motifs is 3. The molecular weight excluding hydrogens is 386 g/mol. The van der Waals surface area contributed by atoms with Gasteiger partial charge >= 0.3 is 5.97 Å². The van der Waals surface area contributed by atoms with E-state index in [1.807, 2.05) is 16.7 Å². The highest BCUT2D eigenvalue weighted by molar-refractivity contribution is 5.87. The Balaban J connectivity index is 1.88. The zero-order chi connectivity index (χ0) is 21.6. The third-order valence-corrected chi connectivity index (χ3v) is 5.97. The van der Waals surface area contributed by atoms with E-state index in [9.17, 15) is 19.8 Å². The fraction of sp³-hybridized carbons (Fsp3) is 0.478. The zero-order valence-corrected chi connectivity index (χ0v) is 17.5. The summed E-state index contributed by atoms with van der Waals surface area (Å²) in [6.07, 6.45) is 2.89. The number of aliphatic hydroxyl groups excluding tert-OH is 1. The quantitative estimate of drug-likeness (QED) is 0.800. The highest BCUT2D eigenvalue weighted by Crippen LogP contribution is 2.44. The van der Waals surface area contributed by atoms with Gasteiger partial charge in [-0.1, -0.05) is 20.8 Å². The highest BCUT2D eigenvalue weighted by Gasteiger charge is 2.34. The molecule has 1 aromatic carbocycles. The van der Waals surface area contributed by atoms with Gasteiger partial charge in [-0.3, -0.25) is 4.79 Å². The average molecular weight is 413 g/mol. The lowest BCUT2D eigenvalue weighted by Crippen LogP contribution is -2.33. The maximum Gasteiger partial charge on any atom is 0.341 e. The van der Waals surface area contributed by atoms with Gasteiger partial charge < -0.3 is 24.3 Å². The maximum atomic E-state index is 12.5. The first-order valence-electron chi connectivity index (χ1n) is 10.2. The van der Waals surface area contributed by atoms with Crippen molar-refractivity contribution in [2.75, 3.05) is 13.2 Å². The van der Waals surface area contributed by atoms with Crippen molar-refractivity contribution in [3.63, 3.8) is 0 Å². The van der Waals surface area contributed by atoms with Gasteiger partial charge in [0.05, 0.1) is 25.5 Å². The molecule has 2 aliphatic heterocycles. The van der Waals surface area contributed by atoms with Crippen molar-refractivity contribution in [2.45, 2.75) is 52.4 Å². The molecule has 0 bridgehead atoms. The van der Waals surface area contributed by atoms with Crippen LogP contribution in [-0.2, 0) is 17.8 Å². The number of nitrogens with zero attached hydrogens (tertiary/aromatic N) is 1. The van der Waals surface area contributed by atoms with Crippen LogP contribution >= 0.6 is 0 Å². The van der Waals surface area contributed by atoms with Gasteiger partial charge in [0.2, 0.25) is 0 Å². The summed E-state index contributed by atoms with van der Waals surface area (Å²) in [5.41, 5.74) is 2.20. The predicted molar refractivity (Wildman–Crippen MR) is 111 cm³/mol. The molecule has 1 saturated heterocycles. The van der Waals surface area contributed by atoms with E-state index < -0.39 is 11.4 Å². The summed E-state index contributed by atoms with van der Waals surface area (Å²) in [6.45, 7) is 7.29. The molecule has 1 unspecified atom stereocenters. The summed E-state index contributed by atoms with van der Waals surface area (Å²) in [5, 5.41) is 19.4. The van der Waals surface area contributed by atoms with Gasteiger partial charge in [-0.05, 0) is 29.5 Å². The van der Waals surface area contributed by atoms with E-state index >= 15 is 0 Å². The number of aliphatic hydroxyl groups is 1. The Morgan fingerprint density at radius 2 is 2.07 bits per heavy atom. The SMILES string of the molecule is CC(C)(C)C1Cc2cc(O[C@@H]3CCOC3)c(CO)cc2-c2cc(=O)c(C(=O)O)cn21. The number of rotatable bonds is 4. The Morgan fingerprint density at radius 1 is 1.30 bits per heavy atom. The number of pyridine rings is 1. The third kappa shape index (κ3) is 3.63. The molecule has 0 spiro atoms. The summed E-state index contributed by atoms with van der Waals surface area (Å²) >= 11 is 0. The van der Waals surface area contributed by atoms with E-state index in [2.05, 4.69) is 20.8 Å². The first-order chi connectivity index (χ1) is 14.2. The van der Waals surface area contributed by atoms with Crippen molar-refractivity contribution in [2.24, 2.45) is 5.41 Å². The second-order valence-electron chi connectivity index (χ2n) is 9.11. The number of carboxylic acid groups (broad SMARTS) is 1. The van der Waals surface area contributed by atoms with E-state index in [4.69, 9.17) is 9.47 Å². The zero-order valence-electron chi connectivity index (χ0n) is 17.5. The number of aromatic nitrogens is 1. The molecule has 2 aromatic rings. The molecular formula is C23H27NO6. The maximum absolute atomic E-state index is 12.5. The van der Waals surface area contributed by atoms with Crippen molar-refractivity contribution in [3.05, 3.63) is 51.3 Å². The second kappa shape index (κ2) is 7.56. The lowest BCUT2D eigenvalue weighted by Gasteiger charge is -2.39. The molecule has 2 atom stereocenters. The van der Waals surface area contributed by atoms with Crippen LogP contribution < -0.4 is 10.2 Å². The number of hydrogen-bond acceptors (Lipinski definition) is 5. The van der Waals surface area contributed by atoms with Gasteiger partial charge in [-0.2, -0.15) is 0 Å². The lowest BCUT2D eigenvalue weighted by atomic mass is 9.78. The van der Waals surface area contributed by atoms with Crippen molar-refractivity contribution >= 4 is 5.97 Å². The molecule has 0 radical (unpaired) electrons. The first kappa shape index (κ1) is 20.6. The lowest BCUT2D eigenvalue weighted by molar-refractivity contribution is 0.0693. The van der Waals surface area contributed by atoms with Crippen LogP contribution in [0.2, 0.25) is 0 Å². The smallest absolute Gasteiger partial charge is 0.341 e. The standard InChI is InChI=1S/C23H27NO6/c1-23(2,3)21-8-13-7-20(30-15-4-5-29-12-15)14(11-25)6-16(13)18-9-19(26)17(22(27)28)10-24(18)21/h6-7,9-10,15,21,25H,4-5,8,11-12H2,1-3H3,(H,27,28)/t15-,21?/m1/s1. The van der Waals surface area contributed by atoms with Crippen LogP contribution in [0.5, 0.6) is 5.75 Å². The topological polar surface area (TPSA) is 98.0 Å². The monoisotopic (exact) mass is 413 g/mol. The van der Waals surface area contributed by atoms with E-state index in [1.54, 1.807) is 0 Å². The summed E-state index contributed by atoms with van der Waals surface area (Å²) in [6, 6.07) is 5.16. The second-order valence-corrected chi connectivity index (χ2v) is 9.11. The number of benzene rings is 1. The Labute approximate surface area is 174 Å². The molecule has 0 amide bonds. The van der Waals surface area contributed by atoms with Crippen LogP contribution in [0.25, 0.3) is 11.3 Å². The molecule has 1 aromatic heterocycles. The van der Waals surface area contributed by atoms with Crippen molar-refractivity contribution in [3.8, 4) is 17.0 Å². The molecule has 3 heterocycles. The number of aromatic carboxylic acids is 1. The summed E-state index contributed by atoms with van der Waals surface area (Å²) in [4.78, 5) is 24.0. The van der Waals surface area contributed by atoms with Gasteiger partial charge in [0.15, 0.2) is 5.43 Å². The molecule has 1 fully saturated rings. The average Bonchev–Trinajstić information content (AvgIpc) is 3.18. The third-order valence-electron chi connectivity index (χ3n) is 5.97. The molecule has 160 valence electrons. The highest BCUT2D eigenvalue weighted by atomic mass is 16.5. The molecule has 4 rings (SSSR count). The molecule has 2 aliphatic rings. The van der Waals surface area contributed by atoms with Crippen LogP contribution in [-0.4, -0.2) is 40.1 Å². The molecule has 0 saturated carbocycles. The number of ether oxygens (including phenoxy) is 2. The summed E-state index contributed by atoms with van der Waals surface area (Å²) in [5.74, 6) is -0.593. The van der Waals surface area contributed by atoms with E-state index in [0.29, 0.717) is 36.6 Å². The van der Waals surface area contributed by atoms with Gasteiger partial charge in [0, 0.05) is 35.9 Å². The van der Waals surface area contributed by atoms with Gasteiger partial charge in [-0.15, -0.1) is 0 Å². The summed E-state index contributed by atoms with van der Waals surface area (Å²) in [7, 11) is 0. The van der Waals surface area contributed by atoms with Crippen LogP contribution in [0.1, 0.15) is 54.7 Å². The van der Waals surface area contributed by atoms with E-state index in [0.717, 1.165) is 17.5 Å². The molecule has 0 aliphatic carbocycles. The van der Waals surface area contributed by atoms with Crippen LogP contribution in [0, 0.1) is 5.41 Å². The number of hydrogen-bond donors (Lipinski definition) is 2. The van der Waals surface area contributed by atoms with Crippen LogP contribution in [0.3, 0.4) is 0 Å². The Morgan fingerprint density at radius 3 is 2.67 bits per heavy atom. The number of carbonyl (C=O) groups is 1. The van der Waals surface area contributed by atoms with Crippen molar-refractivity contribution < 1.29 is 24.5 Å². The fourth-order valence-corrected chi connectivity index (χ4v) is 4.31. The first-order valence-corrected chi connectivity index (χ1v) is 10.2. The van der Waals surface area contributed by atoms with Crippen LogP contribution in [0.4, 0.5) is 0 Å².